The Morgan fingerprint density at radius 3 is 2.47 bits per heavy atom. The van der Waals surface area contributed by atoms with Crippen LogP contribution in [-0.2, 0) is 10.0 Å². The summed E-state index contributed by atoms with van der Waals surface area (Å²) in [6, 6.07) is 9.49. The third-order valence-electron chi connectivity index (χ3n) is 4.71. The predicted molar refractivity (Wildman–Crippen MR) is 97.4 cm³/mol. The van der Waals surface area contributed by atoms with Gasteiger partial charge in [-0.25, -0.2) is 17.2 Å². The maximum Gasteiger partial charge on any atom is 0.246 e. The molecule has 11 heteroatoms. The van der Waals surface area contributed by atoms with E-state index in [2.05, 4.69) is 0 Å². The van der Waals surface area contributed by atoms with Crippen molar-refractivity contribution in [1.29, 1.82) is 10.5 Å². The van der Waals surface area contributed by atoms with Crippen LogP contribution in [0.15, 0.2) is 41.3 Å². The van der Waals surface area contributed by atoms with E-state index < -0.39 is 58.0 Å². The molecule has 0 aliphatic carbocycles. The molecule has 30 heavy (non-hydrogen) atoms. The van der Waals surface area contributed by atoms with Crippen molar-refractivity contribution in [3.8, 4) is 17.9 Å². The van der Waals surface area contributed by atoms with Crippen LogP contribution in [0, 0.1) is 34.3 Å². The molecular formula is C19H15F2N3O5S. The minimum absolute atomic E-state index is 0.0659. The molecule has 156 valence electrons. The Morgan fingerprint density at radius 1 is 1.17 bits per heavy atom. The minimum atomic E-state index is -4.44. The van der Waals surface area contributed by atoms with Crippen LogP contribution in [0.2, 0.25) is 0 Å². The van der Waals surface area contributed by atoms with E-state index in [0.717, 1.165) is 34.6 Å². The van der Waals surface area contributed by atoms with Gasteiger partial charge in [-0.1, -0.05) is 0 Å². The number of ether oxygens (including phenoxy) is 1. The second kappa shape index (κ2) is 7.97. The van der Waals surface area contributed by atoms with Gasteiger partial charge < -0.3 is 14.9 Å². The van der Waals surface area contributed by atoms with Gasteiger partial charge in [0.25, 0.3) is 0 Å². The molecule has 2 atom stereocenters. The molecule has 1 aliphatic rings. The zero-order valence-corrected chi connectivity index (χ0v) is 16.1. The third kappa shape index (κ3) is 3.84. The van der Waals surface area contributed by atoms with Gasteiger partial charge in [-0.2, -0.15) is 14.8 Å². The molecule has 2 aromatic rings. The van der Waals surface area contributed by atoms with Gasteiger partial charge in [0, 0.05) is 12.6 Å². The lowest BCUT2D eigenvalue weighted by molar-refractivity contribution is -0.0641. The van der Waals surface area contributed by atoms with E-state index in [-0.39, 0.29) is 16.9 Å². The first-order valence-electron chi connectivity index (χ1n) is 8.54. The second-order valence-corrected chi connectivity index (χ2v) is 8.58. The molecule has 3 rings (SSSR count). The number of sulfonamides is 1. The van der Waals surface area contributed by atoms with Gasteiger partial charge in [-0.3, -0.25) is 0 Å². The summed E-state index contributed by atoms with van der Waals surface area (Å²) in [5.74, 6) is -2.10. The lowest BCUT2D eigenvalue weighted by Crippen LogP contribution is -2.48. The van der Waals surface area contributed by atoms with Crippen LogP contribution in [0.3, 0.4) is 0 Å². The molecule has 2 N–H and O–H groups in total. The molecule has 1 aliphatic heterocycles. The zero-order chi connectivity index (χ0) is 22.1. The van der Waals surface area contributed by atoms with Crippen molar-refractivity contribution in [2.45, 2.75) is 16.6 Å². The molecule has 0 amide bonds. The van der Waals surface area contributed by atoms with Crippen molar-refractivity contribution in [3.63, 3.8) is 0 Å². The van der Waals surface area contributed by atoms with Crippen LogP contribution < -0.4 is 4.74 Å². The summed E-state index contributed by atoms with van der Waals surface area (Å²) in [7, 11) is -4.44. The molecule has 0 radical (unpaired) electrons. The van der Waals surface area contributed by atoms with E-state index in [1.54, 1.807) is 12.1 Å². The lowest BCUT2D eigenvalue weighted by Gasteiger charge is -2.27. The lowest BCUT2D eigenvalue weighted by atomic mass is 10.0. The zero-order valence-electron chi connectivity index (χ0n) is 15.3. The van der Waals surface area contributed by atoms with Gasteiger partial charge in [0.2, 0.25) is 10.0 Å². The molecule has 2 aromatic carbocycles. The van der Waals surface area contributed by atoms with Crippen LogP contribution in [0.1, 0.15) is 11.1 Å². The number of hydrogen-bond acceptors (Lipinski definition) is 7. The minimum Gasteiger partial charge on any atom is -0.486 e. The second-order valence-electron chi connectivity index (χ2n) is 6.68. The van der Waals surface area contributed by atoms with E-state index in [0.29, 0.717) is 0 Å². The summed E-state index contributed by atoms with van der Waals surface area (Å²) < 4.78 is 60.0. The van der Waals surface area contributed by atoms with E-state index in [1.165, 1.54) is 6.07 Å². The smallest absolute Gasteiger partial charge is 0.246 e. The molecule has 1 saturated heterocycles. The summed E-state index contributed by atoms with van der Waals surface area (Å²) in [6.07, 6.45) is -1.30. The topological polar surface area (TPSA) is 135 Å². The standard InChI is InChI=1S/C19H15F2N3O5S/c20-15-6-14(3-2-13(15)8-23)29-18-9-24(10-19(18,26)11-25)30(27,28)17-4-1-12(7-22)5-16(17)21/h1-6,18,25-26H,9-11H2/t18-,19+/m0/s1. The van der Waals surface area contributed by atoms with E-state index in [4.69, 9.17) is 15.3 Å². The number of aliphatic hydroxyl groups is 2. The molecule has 0 spiro atoms. The Kier molecular flexibility index (Phi) is 5.74. The Hall–Kier alpha value is -3.09. The normalized spacial score (nSPS) is 21.7. The molecule has 0 unspecified atom stereocenters. The molecule has 0 bridgehead atoms. The summed E-state index contributed by atoms with van der Waals surface area (Å²) in [6.45, 7) is -1.94. The molecule has 0 aromatic heterocycles. The van der Waals surface area contributed by atoms with Crippen LogP contribution in [0.4, 0.5) is 8.78 Å². The number of hydrogen-bond donors (Lipinski definition) is 2. The van der Waals surface area contributed by atoms with Crippen LogP contribution in [-0.4, -0.2) is 54.3 Å². The number of β-amino-alcohol motifs (C(OH)–C–C–N with tert-alkyl or cyclic N) is 1. The third-order valence-corrected chi connectivity index (χ3v) is 6.56. The van der Waals surface area contributed by atoms with Crippen molar-refractivity contribution in [2.24, 2.45) is 0 Å². The van der Waals surface area contributed by atoms with E-state index >= 15 is 0 Å². The average molecular weight is 435 g/mol. The molecular weight excluding hydrogens is 420 g/mol. The summed E-state index contributed by atoms with van der Waals surface area (Å²) in [4.78, 5) is -0.702. The highest BCUT2D eigenvalue weighted by Crippen LogP contribution is 2.32. The van der Waals surface area contributed by atoms with Crippen molar-refractivity contribution in [1.82, 2.24) is 4.31 Å². The SMILES string of the molecule is N#Cc1ccc(S(=O)(=O)N2C[C@H](Oc3ccc(C#N)c(F)c3)[C@](O)(CO)C2)c(F)c1. The van der Waals surface area contributed by atoms with Gasteiger partial charge in [-0.15, -0.1) is 0 Å². The maximum atomic E-state index is 14.3. The molecule has 1 heterocycles. The fraction of sp³-hybridized carbons (Fsp3) is 0.263. The van der Waals surface area contributed by atoms with Gasteiger partial charge in [0.05, 0.1) is 30.3 Å². The van der Waals surface area contributed by atoms with Crippen LogP contribution in [0.5, 0.6) is 5.75 Å². The first-order chi connectivity index (χ1) is 14.1. The number of benzene rings is 2. The Labute approximate surface area is 170 Å². The molecule has 8 nitrogen and oxygen atoms in total. The number of nitrogens with zero attached hydrogens (tertiary/aromatic N) is 3. The van der Waals surface area contributed by atoms with Crippen LogP contribution >= 0.6 is 0 Å². The molecule has 1 fully saturated rings. The Bertz CT molecular complexity index is 1180. The predicted octanol–water partition coefficient (Wildman–Crippen LogP) is 0.883. The number of halogens is 2. The summed E-state index contributed by atoms with van der Waals surface area (Å²) in [5.41, 5.74) is -2.34. The fourth-order valence-electron chi connectivity index (χ4n) is 3.05. The highest BCUT2D eigenvalue weighted by molar-refractivity contribution is 7.89. The first-order valence-corrected chi connectivity index (χ1v) is 9.98. The van der Waals surface area contributed by atoms with Crippen molar-refractivity contribution in [3.05, 3.63) is 59.2 Å². The molecule has 0 saturated carbocycles. The van der Waals surface area contributed by atoms with Crippen molar-refractivity contribution < 1.29 is 32.1 Å². The van der Waals surface area contributed by atoms with E-state index in [9.17, 15) is 27.4 Å². The van der Waals surface area contributed by atoms with E-state index in [1.807, 2.05) is 0 Å². The summed E-state index contributed by atoms with van der Waals surface area (Å²) >= 11 is 0. The van der Waals surface area contributed by atoms with Gasteiger partial charge >= 0.3 is 0 Å². The number of aliphatic hydroxyl groups excluding tert-OH is 1. The maximum absolute atomic E-state index is 14.3. The van der Waals surface area contributed by atoms with Gasteiger partial charge in [0.15, 0.2) is 0 Å². The van der Waals surface area contributed by atoms with Gasteiger partial charge in [0.1, 0.15) is 40.1 Å². The first kappa shape index (κ1) is 21.6. The van der Waals surface area contributed by atoms with Crippen molar-refractivity contribution >= 4 is 10.0 Å². The highest BCUT2D eigenvalue weighted by Gasteiger charge is 2.51. The quantitative estimate of drug-likeness (QED) is 0.712. The average Bonchev–Trinajstić information content (AvgIpc) is 3.05. The Morgan fingerprint density at radius 2 is 1.90 bits per heavy atom. The fourth-order valence-corrected chi connectivity index (χ4v) is 4.60. The van der Waals surface area contributed by atoms with Gasteiger partial charge in [-0.05, 0) is 30.3 Å². The van der Waals surface area contributed by atoms with Crippen molar-refractivity contribution in [2.75, 3.05) is 19.7 Å². The Balaban J connectivity index is 1.90. The highest BCUT2D eigenvalue weighted by atomic mass is 32.2. The van der Waals surface area contributed by atoms with Crippen LogP contribution in [0.25, 0.3) is 0 Å². The summed E-state index contributed by atoms with van der Waals surface area (Å²) in [5, 5.41) is 37.8. The monoisotopic (exact) mass is 435 g/mol. The number of rotatable bonds is 5. The number of nitriles is 2. The largest absolute Gasteiger partial charge is 0.486 e.